The average Bonchev–Trinajstić information content (AvgIpc) is 3.23. The normalized spacial score (nSPS) is 16.0. The Balaban J connectivity index is 1.66. The summed E-state index contributed by atoms with van der Waals surface area (Å²) in [6, 6.07) is 6.49. The number of carbonyl (C=O) groups excluding carboxylic acids is 1. The highest BCUT2D eigenvalue weighted by molar-refractivity contribution is 7.89. The molecule has 0 radical (unpaired) electrons. The largest absolute Gasteiger partial charge is 0.338 e. The van der Waals surface area contributed by atoms with Crippen molar-refractivity contribution < 1.29 is 13.2 Å². The summed E-state index contributed by atoms with van der Waals surface area (Å²) < 4.78 is 28.3. The third-order valence-electron chi connectivity index (χ3n) is 5.01. The van der Waals surface area contributed by atoms with Crippen LogP contribution >= 0.6 is 0 Å². The number of piperidine rings is 1. The van der Waals surface area contributed by atoms with Crippen molar-refractivity contribution in [2.45, 2.75) is 37.6 Å². The number of rotatable bonds is 6. The van der Waals surface area contributed by atoms with Crippen molar-refractivity contribution in [3.05, 3.63) is 42.5 Å². The van der Waals surface area contributed by atoms with Gasteiger partial charge in [0.1, 0.15) is 12.7 Å². The lowest BCUT2D eigenvalue weighted by Crippen LogP contribution is -2.39. The van der Waals surface area contributed by atoms with E-state index in [9.17, 15) is 13.2 Å². The van der Waals surface area contributed by atoms with Crippen LogP contribution in [0.5, 0.6) is 0 Å². The molecule has 2 heterocycles. The smallest absolute Gasteiger partial charge is 0.253 e. The molecule has 1 aliphatic heterocycles. The van der Waals surface area contributed by atoms with Gasteiger partial charge in [0.2, 0.25) is 10.0 Å². The molecule has 1 aliphatic rings. The van der Waals surface area contributed by atoms with Crippen molar-refractivity contribution >= 4 is 15.9 Å². The fraction of sp³-hybridized carbons (Fsp3) is 0.500. The van der Waals surface area contributed by atoms with Gasteiger partial charge < -0.3 is 4.90 Å². The van der Waals surface area contributed by atoms with E-state index in [4.69, 9.17) is 0 Å². The van der Waals surface area contributed by atoms with Crippen LogP contribution in [0, 0.1) is 0 Å². The zero-order valence-corrected chi connectivity index (χ0v) is 16.5. The molecule has 0 N–H and O–H groups in total. The number of benzene rings is 1. The second kappa shape index (κ2) is 8.18. The van der Waals surface area contributed by atoms with Gasteiger partial charge in [0.25, 0.3) is 5.91 Å². The maximum atomic E-state index is 12.7. The van der Waals surface area contributed by atoms with Crippen molar-refractivity contribution in [2.24, 2.45) is 0 Å². The lowest BCUT2D eigenvalue weighted by Gasteiger charge is -2.32. The number of nitrogens with zero attached hydrogens (tertiary/aromatic N) is 5. The maximum Gasteiger partial charge on any atom is 0.253 e. The molecule has 1 saturated heterocycles. The van der Waals surface area contributed by atoms with Crippen LogP contribution in [0.1, 0.15) is 43.1 Å². The molecule has 1 aromatic heterocycles. The molecule has 3 rings (SSSR count). The van der Waals surface area contributed by atoms with Gasteiger partial charge in [-0.05, 0) is 37.1 Å². The van der Waals surface area contributed by atoms with Crippen molar-refractivity contribution in [1.82, 2.24) is 24.0 Å². The second-order valence-electron chi connectivity index (χ2n) is 6.51. The Morgan fingerprint density at radius 1 is 1.15 bits per heavy atom. The number of sulfonamides is 1. The predicted octanol–water partition coefficient (Wildman–Crippen LogP) is 1.79. The summed E-state index contributed by atoms with van der Waals surface area (Å²) in [5, 5.41) is 4.17. The fourth-order valence-corrected chi connectivity index (χ4v) is 4.86. The Hall–Kier alpha value is -2.26. The first-order valence-electron chi connectivity index (χ1n) is 9.21. The summed E-state index contributed by atoms with van der Waals surface area (Å²) in [5.41, 5.74) is 0.507. The van der Waals surface area contributed by atoms with E-state index in [0.29, 0.717) is 31.7 Å². The molecule has 146 valence electrons. The maximum absolute atomic E-state index is 12.7. The Morgan fingerprint density at radius 3 is 2.30 bits per heavy atom. The van der Waals surface area contributed by atoms with E-state index in [1.807, 2.05) is 18.5 Å². The molecule has 0 saturated carbocycles. The standard InChI is InChI=1S/C18H25N5O3S/c1-3-22(4-2)27(25,26)17-7-5-15(6-8-17)18(24)21-11-9-16(10-12-21)23-14-19-13-20-23/h5-8,13-14,16H,3-4,9-12H2,1-2H3. The molecule has 0 spiro atoms. The topological polar surface area (TPSA) is 88.4 Å². The van der Waals surface area contributed by atoms with E-state index in [1.54, 1.807) is 23.4 Å². The van der Waals surface area contributed by atoms with Crippen LogP contribution in [0.15, 0.2) is 41.8 Å². The summed E-state index contributed by atoms with van der Waals surface area (Å²) in [4.78, 5) is 18.7. The highest BCUT2D eigenvalue weighted by Gasteiger charge is 2.26. The Labute approximate surface area is 159 Å². The summed E-state index contributed by atoms with van der Waals surface area (Å²) >= 11 is 0. The van der Waals surface area contributed by atoms with E-state index in [0.717, 1.165) is 12.8 Å². The summed E-state index contributed by atoms with van der Waals surface area (Å²) in [6.07, 6.45) is 4.87. The molecule has 9 heteroatoms. The molecule has 1 fully saturated rings. The van der Waals surface area contributed by atoms with E-state index in [-0.39, 0.29) is 16.8 Å². The number of hydrogen-bond donors (Lipinski definition) is 0. The Bertz CT molecular complexity index is 853. The molecule has 1 amide bonds. The van der Waals surface area contributed by atoms with Gasteiger partial charge in [-0.15, -0.1) is 0 Å². The van der Waals surface area contributed by atoms with Gasteiger partial charge in [-0.1, -0.05) is 13.8 Å². The van der Waals surface area contributed by atoms with E-state index in [1.165, 1.54) is 22.8 Å². The highest BCUT2D eigenvalue weighted by atomic mass is 32.2. The Morgan fingerprint density at radius 2 is 1.78 bits per heavy atom. The van der Waals surface area contributed by atoms with Crippen LogP contribution in [0.4, 0.5) is 0 Å². The molecule has 0 unspecified atom stereocenters. The first kappa shape index (κ1) is 19.5. The first-order chi connectivity index (χ1) is 13.0. The molecule has 0 aliphatic carbocycles. The zero-order valence-electron chi connectivity index (χ0n) is 15.7. The van der Waals surface area contributed by atoms with Crippen LogP contribution < -0.4 is 0 Å². The SMILES string of the molecule is CCN(CC)S(=O)(=O)c1ccc(C(=O)N2CCC(n3cncn3)CC2)cc1. The van der Waals surface area contributed by atoms with Crippen molar-refractivity contribution in [1.29, 1.82) is 0 Å². The average molecular weight is 391 g/mol. The van der Waals surface area contributed by atoms with Crippen molar-refractivity contribution in [2.75, 3.05) is 26.2 Å². The second-order valence-corrected chi connectivity index (χ2v) is 8.45. The van der Waals surface area contributed by atoms with Gasteiger partial charge in [-0.25, -0.2) is 18.1 Å². The van der Waals surface area contributed by atoms with Crippen LogP contribution in [-0.2, 0) is 10.0 Å². The minimum absolute atomic E-state index is 0.0705. The van der Waals surface area contributed by atoms with Gasteiger partial charge in [-0.3, -0.25) is 4.79 Å². The zero-order chi connectivity index (χ0) is 19.4. The molecule has 0 atom stereocenters. The number of hydrogen-bond acceptors (Lipinski definition) is 5. The van der Waals surface area contributed by atoms with Crippen LogP contribution in [-0.4, -0.2) is 64.5 Å². The molecule has 27 heavy (non-hydrogen) atoms. The highest BCUT2D eigenvalue weighted by Crippen LogP contribution is 2.23. The Kier molecular flexibility index (Phi) is 5.91. The molecule has 0 bridgehead atoms. The van der Waals surface area contributed by atoms with Crippen molar-refractivity contribution in [3.63, 3.8) is 0 Å². The number of likely N-dealkylation sites (tertiary alicyclic amines) is 1. The van der Waals surface area contributed by atoms with Gasteiger partial charge >= 0.3 is 0 Å². The van der Waals surface area contributed by atoms with Gasteiger partial charge in [0, 0.05) is 31.7 Å². The molecular weight excluding hydrogens is 366 g/mol. The number of aromatic nitrogens is 3. The van der Waals surface area contributed by atoms with E-state index < -0.39 is 10.0 Å². The van der Waals surface area contributed by atoms with Crippen LogP contribution in [0.3, 0.4) is 0 Å². The minimum atomic E-state index is -3.51. The van der Waals surface area contributed by atoms with E-state index in [2.05, 4.69) is 10.1 Å². The predicted molar refractivity (Wildman–Crippen MR) is 101 cm³/mol. The monoisotopic (exact) mass is 391 g/mol. The third-order valence-corrected chi connectivity index (χ3v) is 7.07. The number of amides is 1. The fourth-order valence-electron chi connectivity index (χ4n) is 3.40. The van der Waals surface area contributed by atoms with Gasteiger partial charge in [-0.2, -0.15) is 9.40 Å². The summed E-state index contributed by atoms with van der Waals surface area (Å²) in [6.45, 7) is 5.73. The molecule has 2 aromatic rings. The quantitative estimate of drug-likeness (QED) is 0.749. The molecular formula is C18H25N5O3S. The first-order valence-corrected chi connectivity index (χ1v) is 10.6. The molecule has 8 nitrogen and oxygen atoms in total. The molecule has 1 aromatic carbocycles. The summed E-state index contributed by atoms with van der Waals surface area (Å²) in [5.74, 6) is -0.0705. The van der Waals surface area contributed by atoms with E-state index >= 15 is 0 Å². The lowest BCUT2D eigenvalue weighted by atomic mass is 10.0. The summed E-state index contributed by atoms with van der Waals surface area (Å²) in [7, 11) is -3.51. The van der Waals surface area contributed by atoms with Gasteiger partial charge in [0.05, 0.1) is 10.9 Å². The van der Waals surface area contributed by atoms with Gasteiger partial charge in [0.15, 0.2) is 0 Å². The number of carbonyl (C=O) groups is 1. The van der Waals surface area contributed by atoms with Crippen LogP contribution in [0.25, 0.3) is 0 Å². The van der Waals surface area contributed by atoms with Crippen molar-refractivity contribution in [3.8, 4) is 0 Å². The third kappa shape index (κ3) is 4.03. The lowest BCUT2D eigenvalue weighted by molar-refractivity contribution is 0.0689. The minimum Gasteiger partial charge on any atom is -0.338 e. The van der Waals surface area contributed by atoms with Crippen LogP contribution in [0.2, 0.25) is 0 Å².